The number of amides is 1. The Morgan fingerprint density at radius 2 is 1.50 bits per heavy atom. The van der Waals surface area contributed by atoms with Crippen LogP contribution in [0.1, 0.15) is 35.2 Å². The molecule has 2 atom stereocenters. The summed E-state index contributed by atoms with van der Waals surface area (Å²) in [6, 6.07) is 26.8. The molecular weight excluding hydrogens is 346 g/mol. The molecule has 3 rings (SSSR count). The van der Waals surface area contributed by atoms with Crippen LogP contribution in [-0.4, -0.2) is 11.9 Å². The topological polar surface area (TPSA) is 64.9 Å². The Labute approximate surface area is 165 Å². The number of carbonyl (C=O) groups is 1. The smallest absolute Gasteiger partial charge is 0.241 e. The Morgan fingerprint density at radius 1 is 0.893 bits per heavy atom. The Morgan fingerprint density at radius 3 is 2.11 bits per heavy atom. The minimum absolute atomic E-state index is 0.0940. The van der Waals surface area contributed by atoms with Crippen LogP contribution in [-0.2, 0) is 4.79 Å². The van der Waals surface area contributed by atoms with Crippen LogP contribution < -0.4 is 10.6 Å². The Bertz CT molecular complexity index is 957. The highest BCUT2D eigenvalue weighted by Gasteiger charge is 2.20. The summed E-state index contributed by atoms with van der Waals surface area (Å²) < 4.78 is 0. The first-order chi connectivity index (χ1) is 13.6. The van der Waals surface area contributed by atoms with Gasteiger partial charge in [-0.15, -0.1) is 0 Å². The van der Waals surface area contributed by atoms with Crippen LogP contribution in [0.3, 0.4) is 0 Å². The van der Waals surface area contributed by atoms with Crippen LogP contribution in [0.2, 0.25) is 0 Å². The molecule has 0 aliphatic carbocycles. The van der Waals surface area contributed by atoms with E-state index in [1.165, 1.54) is 5.56 Å². The van der Waals surface area contributed by atoms with Crippen molar-refractivity contribution in [1.82, 2.24) is 5.32 Å². The third kappa shape index (κ3) is 4.85. The van der Waals surface area contributed by atoms with E-state index in [1.54, 1.807) is 24.3 Å². The average molecular weight is 369 g/mol. The predicted molar refractivity (Wildman–Crippen MR) is 112 cm³/mol. The minimum Gasteiger partial charge on any atom is -0.325 e. The van der Waals surface area contributed by atoms with Crippen molar-refractivity contribution < 1.29 is 4.79 Å². The molecule has 0 fully saturated rings. The maximum absolute atomic E-state index is 12.7. The quantitative estimate of drug-likeness (QED) is 0.669. The highest BCUT2D eigenvalue weighted by atomic mass is 16.2. The van der Waals surface area contributed by atoms with E-state index in [-0.39, 0.29) is 11.9 Å². The maximum atomic E-state index is 12.7. The molecule has 0 unspecified atom stereocenters. The molecule has 0 radical (unpaired) electrons. The third-order valence-corrected chi connectivity index (χ3v) is 4.64. The molecule has 0 saturated carbocycles. The lowest BCUT2D eigenvalue weighted by atomic mass is 9.97. The number of nitriles is 1. The standard InChI is InChI=1S/C24H23N3O/c1-17-8-12-21(13-9-17)23(20-6-4-3-5-7-20)26-18(2)24(28)27-22-14-10-19(16-25)11-15-22/h3-15,18,23,26H,1-2H3,(H,27,28)/t18-,23-/m0/s1. The fourth-order valence-corrected chi connectivity index (χ4v) is 2.99. The molecule has 2 N–H and O–H groups in total. The molecule has 0 saturated heterocycles. The summed E-state index contributed by atoms with van der Waals surface area (Å²) in [5.74, 6) is -0.127. The molecule has 28 heavy (non-hydrogen) atoms. The van der Waals surface area contributed by atoms with Gasteiger partial charge in [-0.3, -0.25) is 10.1 Å². The molecule has 3 aromatic rings. The summed E-state index contributed by atoms with van der Waals surface area (Å²) in [6.45, 7) is 3.91. The zero-order valence-corrected chi connectivity index (χ0v) is 16.0. The lowest BCUT2D eigenvalue weighted by Gasteiger charge is -2.24. The highest BCUT2D eigenvalue weighted by Crippen LogP contribution is 2.23. The summed E-state index contributed by atoms with van der Waals surface area (Å²) in [5, 5.41) is 15.2. The largest absolute Gasteiger partial charge is 0.325 e. The van der Waals surface area contributed by atoms with Crippen LogP contribution in [0.25, 0.3) is 0 Å². The van der Waals surface area contributed by atoms with Crippen LogP contribution in [0.15, 0.2) is 78.9 Å². The van der Waals surface area contributed by atoms with Gasteiger partial charge >= 0.3 is 0 Å². The molecule has 3 aromatic carbocycles. The van der Waals surface area contributed by atoms with Gasteiger partial charge in [-0.05, 0) is 49.2 Å². The fraction of sp³-hybridized carbons (Fsp3) is 0.167. The Kier molecular flexibility index (Phi) is 6.21. The van der Waals surface area contributed by atoms with Crippen LogP contribution in [0.4, 0.5) is 5.69 Å². The Balaban J connectivity index is 1.76. The van der Waals surface area contributed by atoms with Crippen molar-refractivity contribution in [2.45, 2.75) is 25.9 Å². The van der Waals surface area contributed by atoms with E-state index < -0.39 is 6.04 Å². The van der Waals surface area contributed by atoms with E-state index in [0.717, 1.165) is 11.1 Å². The van der Waals surface area contributed by atoms with Crippen molar-refractivity contribution in [2.24, 2.45) is 0 Å². The van der Waals surface area contributed by atoms with Gasteiger partial charge in [0.1, 0.15) is 0 Å². The summed E-state index contributed by atoms with van der Waals surface area (Å²) in [6.07, 6.45) is 0. The molecular formula is C24H23N3O. The van der Waals surface area contributed by atoms with E-state index >= 15 is 0 Å². The number of anilines is 1. The number of nitrogens with zero attached hydrogens (tertiary/aromatic N) is 1. The minimum atomic E-state index is -0.415. The molecule has 4 nitrogen and oxygen atoms in total. The van der Waals surface area contributed by atoms with Crippen molar-refractivity contribution in [3.05, 3.63) is 101 Å². The lowest BCUT2D eigenvalue weighted by molar-refractivity contribution is -0.117. The van der Waals surface area contributed by atoms with Crippen molar-refractivity contribution in [2.75, 3.05) is 5.32 Å². The number of benzene rings is 3. The summed E-state index contributed by atoms with van der Waals surface area (Å²) >= 11 is 0. The molecule has 0 bridgehead atoms. The Hall–Kier alpha value is -3.42. The molecule has 0 aromatic heterocycles. The monoisotopic (exact) mass is 369 g/mol. The molecule has 0 aliphatic heterocycles. The van der Waals surface area contributed by atoms with Gasteiger partial charge in [-0.2, -0.15) is 5.26 Å². The number of hydrogen-bond donors (Lipinski definition) is 2. The first-order valence-electron chi connectivity index (χ1n) is 9.25. The van der Waals surface area contributed by atoms with Crippen LogP contribution >= 0.6 is 0 Å². The maximum Gasteiger partial charge on any atom is 0.241 e. The van der Waals surface area contributed by atoms with Gasteiger partial charge in [0.25, 0.3) is 0 Å². The second-order valence-corrected chi connectivity index (χ2v) is 6.82. The molecule has 4 heteroatoms. The van der Waals surface area contributed by atoms with E-state index in [2.05, 4.69) is 60.0 Å². The number of nitrogens with one attached hydrogen (secondary N) is 2. The first-order valence-corrected chi connectivity index (χ1v) is 9.25. The number of carbonyl (C=O) groups excluding carboxylic acids is 1. The molecule has 0 heterocycles. The van der Waals surface area contributed by atoms with Crippen LogP contribution in [0.5, 0.6) is 0 Å². The van der Waals surface area contributed by atoms with Crippen molar-refractivity contribution in [3.63, 3.8) is 0 Å². The van der Waals surface area contributed by atoms with Crippen molar-refractivity contribution >= 4 is 11.6 Å². The number of hydrogen-bond acceptors (Lipinski definition) is 3. The van der Waals surface area contributed by atoms with Gasteiger partial charge in [0.15, 0.2) is 0 Å². The van der Waals surface area contributed by atoms with Gasteiger partial charge < -0.3 is 5.32 Å². The number of aryl methyl sites for hydroxylation is 1. The molecule has 1 amide bonds. The SMILES string of the molecule is Cc1ccc([C@@H](N[C@@H](C)C(=O)Nc2ccc(C#N)cc2)c2ccccc2)cc1. The van der Waals surface area contributed by atoms with E-state index in [0.29, 0.717) is 11.3 Å². The van der Waals surface area contributed by atoms with Crippen molar-refractivity contribution in [1.29, 1.82) is 5.26 Å². The number of rotatable bonds is 6. The summed E-state index contributed by atoms with van der Waals surface area (Å²) in [5.41, 5.74) is 4.64. The first kappa shape index (κ1) is 19.3. The predicted octanol–water partition coefficient (Wildman–Crippen LogP) is 4.57. The lowest BCUT2D eigenvalue weighted by Crippen LogP contribution is -2.40. The second kappa shape index (κ2) is 8.98. The van der Waals surface area contributed by atoms with Gasteiger partial charge in [-0.25, -0.2) is 0 Å². The fourth-order valence-electron chi connectivity index (χ4n) is 2.99. The normalized spacial score (nSPS) is 12.6. The molecule has 0 spiro atoms. The van der Waals surface area contributed by atoms with Crippen LogP contribution in [0, 0.1) is 18.3 Å². The van der Waals surface area contributed by atoms with Gasteiger partial charge in [0.05, 0.1) is 23.7 Å². The van der Waals surface area contributed by atoms with E-state index in [9.17, 15) is 4.79 Å². The van der Waals surface area contributed by atoms with Gasteiger partial charge in [0, 0.05) is 5.69 Å². The van der Waals surface area contributed by atoms with Gasteiger partial charge in [0.2, 0.25) is 5.91 Å². The zero-order valence-electron chi connectivity index (χ0n) is 16.0. The van der Waals surface area contributed by atoms with E-state index in [1.807, 2.05) is 25.1 Å². The molecule has 140 valence electrons. The second-order valence-electron chi connectivity index (χ2n) is 6.82. The zero-order chi connectivity index (χ0) is 19.9. The highest BCUT2D eigenvalue weighted by molar-refractivity contribution is 5.94. The summed E-state index contributed by atoms with van der Waals surface area (Å²) in [4.78, 5) is 12.7. The third-order valence-electron chi connectivity index (χ3n) is 4.64. The average Bonchev–Trinajstić information content (AvgIpc) is 2.73. The van der Waals surface area contributed by atoms with Gasteiger partial charge in [-0.1, -0.05) is 60.2 Å². The van der Waals surface area contributed by atoms with E-state index in [4.69, 9.17) is 5.26 Å². The summed E-state index contributed by atoms with van der Waals surface area (Å²) in [7, 11) is 0. The van der Waals surface area contributed by atoms with Crippen molar-refractivity contribution in [3.8, 4) is 6.07 Å². The molecule has 0 aliphatic rings.